The van der Waals surface area contributed by atoms with Gasteiger partial charge < -0.3 is 23.8 Å². The van der Waals surface area contributed by atoms with Gasteiger partial charge in [0.15, 0.2) is 23.0 Å². The number of nitrogens with zero attached hydrogens (tertiary/aromatic N) is 2. The number of ether oxygens (including phenoxy) is 4. The predicted molar refractivity (Wildman–Crippen MR) is 132 cm³/mol. The lowest BCUT2D eigenvalue weighted by Gasteiger charge is -2.32. The van der Waals surface area contributed by atoms with Crippen LogP contribution in [0, 0.1) is 17.2 Å². The number of hydrogen-bond donors (Lipinski definition) is 0. The van der Waals surface area contributed by atoms with Crippen LogP contribution in [-0.4, -0.2) is 53.2 Å². The molecule has 6 heteroatoms. The molecular formula is C27H38N2O4. The summed E-state index contributed by atoms with van der Waals surface area (Å²) in [6.07, 6.45) is -13.3. The number of benzene rings is 2. The molecule has 0 spiro atoms. The Morgan fingerprint density at radius 3 is 2.33 bits per heavy atom. The molecule has 0 fully saturated rings. The van der Waals surface area contributed by atoms with E-state index in [2.05, 4.69) is 4.74 Å². The summed E-state index contributed by atoms with van der Waals surface area (Å²) in [5, 5.41) is 10.8. The van der Waals surface area contributed by atoms with Crippen molar-refractivity contribution in [3.05, 3.63) is 47.5 Å². The molecule has 0 radical (unpaired) electrons. The molecule has 0 aliphatic rings. The summed E-state index contributed by atoms with van der Waals surface area (Å²) in [5.74, 6) is -5.71. The second kappa shape index (κ2) is 12.4. The predicted octanol–water partition coefficient (Wildman–Crippen LogP) is 5.09. The number of nitriles is 1. The van der Waals surface area contributed by atoms with Crippen LogP contribution in [0.5, 0.6) is 23.0 Å². The Labute approximate surface area is 234 Å². The van der Waals surface area contributed by atoms with Gasteiger partial charge in [-0.05, 0) is 73.9 Å². The van der Waals surface area contributed by atoms with Gasteiger partial charge in [-0.15, -0.1) is 0 Å². The summed E-state index contributed by atoms with van der Waals surface area (Å²) in [7, 11) is -4.48. The van der Waals surface area contributed by atoms with Crippen molar-refractivity contribution >= 4 is 0 Å². The molecule has 0 aromatic heterocycles. The largest absolute Gasteiger partial charge is 0.493 e. The molecule has 0 aliphatic heterocycles. The Hall–Kier alpha value is -2.91. The van der Waals surface area contributed by atoms with Crippen LogP contribution in [0.15, 0.2) is 36.4 Å². The number of aryl methyl sites for hydroxylation is 1. The van der Waals surface area contributed by atoms with Gasteiger partial charge in [-0.25, -0.2) is 0 Å². The third-order valence-corrected chi connectivity index (χ3v) is 4.35. The molecule has 0 amide bonds. The molecule has 0 heterocycles. The first-order chi connectivity index (χ1) is 25.6. The Balaban J connectivity index is 3.15. The zero-order chi connectivity index (χ0) is 45.9. The Bertz CT molecular complexity index is 1810. The molecule has 0 saturated heterocycles. The lowest BCUT2D eigenvalue weighted by atomic mass is 9.69. The first-order valence-electron chi connectivity index (χ1n) is 21.5. The van der Waals surface area contributed by atoms with Gasteiger partial charge in [0.25, 0.3) is 0 Å². The fourth-order valence-corrected chi connectivity index (χ4v) is 2.63. The maximum atomic E-state index is 10.8. The zero-order valence-corrected chi connectivity index (χ0v) is 17.6. The molecule has 33 heavy (non-hydrogen) atoms. The molecule has 0 aliphatic carbocycles. The average molecular weight is 480 g/mol. The highest BCUT2D eigenvalue weighted by atomic mass is 16.5. The van der Waals surface area contributed by atoms with Crippen LogP contribution < -0.4 is 18.9 Å². The maximum absolute atomic E-state index is 10.8. The van der Waals surface area contributed by atoms with Gasteiger partial charge >= 0.3 is 0 Å². The molecule has 0 saturated carbocycles. The lowest BCUT2D eigenvalue weighted by Crippen LogP contribution is -2.32. The van der Waals surface area contributed by atoms with Crippen LogP contribution in [0.2, 0.25) is 0 Å². The fourth-order valence-electron chi connectivity index (χ4n) is 2.63. The van der Waals surface area contributed by atoms with Crippen LogP contribution in [0.1, 0.15) is 71.8 Å². The number of likely N-dealkylation sites (N-methyl/N-ethyl adjacent to an activating group) is 1. The van der Waals surface area contributed by atoms with Crippen molar-refractivity contribution in [2.24, 2.45) is 5.92 Å². The molecule has 1 atom stereocenters. The fraction of sp³-hybridized carbons (Fsp3) is 0.519. The Morgan fingerprint density at radius 1 is 0.970 bits per heavy atom. The summed E-state index contributed by atoms with van der Waals surface area (Å²) in [5.41, 5.74) is -5.94. The van der Waals surface area contributed by atoms with Crippen molar-refractivity contribution in [2.75, 3.05) is 48.3 Å². The van der Waals surface area contributed by atoms with Gasteiger partial charge in [-0.2, -0.15) is 5.26 Å². The Kier molecular flexibility index (Phi) is 3.03. The monoisotopic (exact) mass is 479 g/mol. The van der Waals surface area contributed by atoms with E-state index in [1.165, 1.54) is 6.07 Å². The smallest absolute Gasteiger partial charge is 0.161 e. The second-order valence-corrected chi connectivity index (χ2v) is 6.22. The summed E-state index contributed by atoms with van der Waals surface area (Å²) >= 11 is 0. The zero-order valence-electron chi connectivity index (χ0n) is 42.6. The normalized spacial score (nSPS) is 28.2. The van der Waals surface area contributed by atoms with E-state index in [0.29, 0.717) is 24.3 Å². The van der Waals surface area contributed by atoms with E-state index in [-0.39, 0.29) is 11.5 Å². The van der Waals surface area contributed by atoms with Crippen molar-refractivity contribution < 1.29 is 53.2 Å². The van der Waals surface area contributed by atoms with E-state index in [0.717, 1.165) is 26.4 Å². The second-order valence-electron chi connectivity index (χ2n) is 6.22. The summed E-state index contributed by atoms with van der Waals surface area (Å²) in [6.45, 7) is -21.3. The highest BCUT2D eigenvalue weighted by molar-refractivity contribution is 5.47. The molecule has 6 nitrogen and oxygen atoms in total. The van der Waals surface area contributed by atoms with Gasteiger partial charge in [0.05, 0.1) is 48.0 Å². The first kappa shape index (κ1) is 8.09. The van der Waals surface area contributed by atoms with Crippen LogP contribution >= 0.6 is 0 Å². The standard InChI is InChI=1S/C27H38N2O4/c1-20(2)27(19-28,22-10-12-24(31-5)26(18-22)33-7)14-8-15-29(3)16-13-21-9-11-23(30-4)25(17-21)32-6/h9-12,17-18,20H,8,13-16H2,1-7H3/i1D3,2D3,3D3,4D3,6D3,8D2,13D2,14D2,15D2,16D2. The number of hydrogen-bond acceptors (Lipinski definition) is 6. The Morgan fingerprint density at radius 2 is 1.67 bits per heavy atom. The summed E-state index contributed by atoms with van der Waals surface area (Å²) in [6, 6.07) is 5.21. The van der Waals surface area contributed by atoms with Gasteiger partial charge in [0.2, 0.25) is 0 Å². The molecule has 2 aromatic carbocycles. The topological polar surface area (TPSA) is 64.0 Å². The van der Waals surface area contributed by atoms with Crippen molar-refractivity contribution in [1.82, 2.24) is 4.90 Å². The van der Waals surface area contributed by atoms with E-state index in [4.69, 9.17) is 45.7 Å². The average Bonchev–Trinajstić information content (AvgIpc) is 2.99. The SMILES string of the molecule is [2H]C([2H])([2H])Oc1ccc(C([2H])([2H])C([2H])([2H])N(C([2H])([2H])[2H])C([2H])([2H])C([2H])([2H])C([2H])([2H])C(C#N)(c2ccc(OC)c(OC)c2)C(C([2H])([2H])[2H])C([2H])([2H])[2H])cc1OC([2H])([2H])[2H]. The van der Waals surface area contributed by atoms with Crippen LogP contribution in [0.3, 0.4) is 0 Å². The third kappa shape index (κ3) is 6.33. The summed E-state index contributed by atoms with van der Waals surface area (Å²) in [4.78, 5) is -1.06. The van der Waals surface area contributed by atoms with Crippen molar-refractivity contribution in [2.45, 2.75) is 38.2 Å². The minimum absolute atomic E-state index is 0.147. The number of methoxy groups -OCH3 is 4. The van der Waals surface area contributed by atoms with Crippen LogP contribution in [-0.2, 0) is 11.8 Å². The van der Waals surface area contributed by atoms with Gasteiger partial charge in [0.1, 0.15) is 0 Å². The lowest BCUT2D eigenvalue weighted by molar-refractivity contribution is 0.292. The quantitative estimate of drug-likeness (QED) is 0.399. The molecule has 180 valence electrons. The molecule has 0 N–H and O–H groups in total. The molecule has 2 rings (SSSR count). The van der Waals surface area contributed by atoms with Crippen LogP contribution in [0.25, 0.3) is 0 Å². The minimum atomic E-state index is -4.76. The third-order valence-electron chi connectivity index (χ3n) is 4.35. The number of rotatable bonds is 13. The van der Waals surface area contributed by atoms with Gasteiger partial charge in [-0.3, -0.25) is 0 Å². The van der Waals surface area contributed by atoms with Gasteiger partial charge in [-0.1, -0.05) is 25.8 Å². The van der Waals surface area contributed by atoms with E-state index >= 15 is 0 Å². The van der Waals surface area contributed by atoms with E-state index < -0.39 is 106 Å². The molecule has 2 aromatic rings. The van der Waals surface area contributed by atoms with Gasteiger partial charge in [0, 0.05) is 32.5 Å². The molecule has 0 bridgehead atoms. The van der Waals surface area contributed by atoms with Crippen molar-refractivity contribution in [3.8, 4) is 29.1 Å². The van der Waals surface area contributed by atoms with E-state index in [9.17, 15) is 8.00 Å². The highest BCUT2D eigenvalue weighted by Crippen LogP contribution is 2.40. The van der Waals surface area contributed by atoms with E-state index in [1.54, 1.807) is 0 Å². The van der Waals surface area contributed by atoms with Crippen molar-refractivity contribution in [1.29, 1.82) is 5.26 Å². The highest BCUT2D eigenvalue weighted by Gasteiger charge is 2.36. The summed E-state index contributed by atoms with van der Waals surface area (Å²) < 4.78 is 226. The van der Waals surface area contributed by atoms with Crippen LogP contribution in [0.4, 0.5) is 0 Å². The maximum Gasteiger partial charge on any atom is 0.161 e. The molecular weight excluding hydrogens is 416 g/mol. The first-order valence-corrected chi connectivity index (χ1v) is 9.03. The van der Waals surface area contributed by atoms with E-state index in [1.807, 2.05) is 0 Å². The van der Waals surface area contributed by atoms with Crippen molar-refractivity contribution in [3.63, 3.8) is 0 Å². The molecule has 1 unspecified atom stereocenters. The minimum Gasteiger partial charge on any atom is -0.493 e.